The molecule has 17 heavy (non-hydrogen) atoms. The second-order valence-electron chi connectivity index (χ2n) is 5.49. The van der Waals surface area contributed by atoms with Gasteiger partial charge in [-0.05, 0) is 45.4 Å². The largest absolute Gasteiger partial charge is 0.378 e. The molecule has 100 valence electrons. The Morgan fingerprint density at radius 2 is 2.18 bits per heavy atom. The van der Waals surface area contributed by atoms with Crippen molar-refractivity contribution in [3.8, 4) is 0 Å². The number of hydrogen-bond donors (Lipinski definition) is 1. The Bertz CT molecular complexity index is 216. The van der Waals surface area contributed by atoms with E-state index in [0.717, 1.165) is 26.1 Å². The summed E-state index contributed by atoms with van der Waals surface area (Å²) >= 11 is 0. The van der Waals surface area contributed by atoms with Crippen molar-refractivity contribution in [2.45, 2.75) is 76.7 Å². The molecule has 0 aliphatic carbocycles. The third-order valence-electron chi connectivity index (χ3n) is 4.07. The molecule has 4 atom stereocenters. The number of ether oxygens (including phenoxy) is 2. The van der Waals surface area contributed by atoms with Crippen LogP contribution in [-0.2, 0) is 9.47 Å². The van der Waals surface area contributed by atoms with Crippen molar-refractivity contribution in [1.82, 2.24) is 5.32 Å². The van der Waals surface area contributed by atoms with Crippen LogP contribution in [0, 0.1) is 0 Å². The Hall–Kier alpha value is -0.120. The van der Waals surface area contributed by atoms with Crippen molar-refractivity contribution >= 4 is 0 Å². The fourth-order valence-corrected chi connectivity index (χ4v) is 2.97. The molecule has 3 nitrogen and oxygen atoms in total. The minimum absolute atomic E-state index is 0.414. The Morgan fingerprint density at radius 3 is 2.88 bits per heavy atom. The smallest absolute Gasteiger partial charge is 0.0728 e. The van der Waals surface area contributed by atoms with Crippen molar-refractivity contribution in [1.29, 1.82) is 0 Å². The summed E-state index contributed by atoms with van der Waals surface area (Å²) in [4.78, 5) is 0. The first-order chi connectivity index (χ1) is 8.29. The maximum atomic E-state index is 6.05. The van der Waals surface area contributed by atoms with Crippen molar-refractivity contribution in [2.24, 2.45) is 0 Å². The fraction of sp³-hybridized carbons (Fsp3) is 1.00. The number of piperidine rings is 1. The lowest BCUT2D eigenvalue weighted by atomic mass is 9.95. The van der Waals surface area contributed by atoms with E-state index < -0.39 is 0 Å². The van der Waals surface area contributed by atoms with Gasteiger partial charge in [0, 0.05) is 25.3 Å². The van der Waals surface area contributed by atoms with Crippen molar-refractivity contribution < 1.29 is 9.47 Å². The lowest BCUT2D eigenvalue weighted by molar-refractivity contribution is -0.0176. The second-order valence-corrected chi connectivity index (χ2v) is 5.49. The molecule has 2 aliphatic heterocycles. The highest BCUT2D eigenvalue weighted by Gasteiger charge is 2.27. The van der Waals surface area contributed by atoms with Crippen molar-refractivity contribution in [3.05, 3.63) is 0 Å². The van der Waals surface area contributed by atoms with Gasteiger partial charge in [0.05, 0.1) is 12.2 Å². The molecule has 0 bridgehead atoms. The van der Waals surface area contributed by atoms with E-state index in [1.165, 1.54) is 25.7 Å². The SMILES string of the molecule is CCC1NC(C)CCC1OCCC1CCCO1. The van der Waals surface area contributed by atoms with Crippen LogP contribution in [0.4, 0.5) is 0 Å². The van der Waals surface area contributed by atoms with Crippen LogP contribution in [0.25, 0.3) is 0 Å². The maximum absolute atomic E-state index is 6.05. The van der Waals surface area contributed by atoms with Gasteiger partial charge in [-0.2, -0.15) is 0 Å². The van der Waals surface area contributed by atoms with Crippen LogP contribution in [0.5, 0.6) is 0 Å². The van der Waals surface area contributed by atoms with Crippen LogP contribution < -0.4 is 5.32 Å². The van der Waals surface area contributed by atoms with Crippen LogP contribution in [0.3, 0.4) is 0 Å². The summed E-state index contributed by atoms with van der Waals surface area (Å²) in [5.74, 6) is 0. The van der Waals surface area contributed by atoms with Gasteiger partial charge in [0.1, 0.15) is 0 Å². The van der Waals surface area contributed by atoms with Crippen LogP contribution in [-0.4, -0.2) is 37.5 Å². The van der Waals surface area contributed by atoms with Crippen LogP contribution >= 0.6 is 0 Å². The lowest BCUT2D eigenvalue weighted by Gasteiger charge is -2.35. The van der Waals surface area contributed by atoms with Crippen molar-refractivity contribution in [2.75, 3.05) is 13.2 Å². The Kier molecular flexibility index (Phi) is 5.26. The molecular formula is C14H27NO2. The molecule has 0 aromatic rings. The molecule has 0 spiro atoms. The van der Waals surface area contributed by atoms with Crippen molar-refractivity contribution in [3.63, 3.8) is 0 Å². The summed E-state index contributed by atoms with van der Waals surface area (Å²) in [6.07, 6.45) is 8.00. The van der Waals surface area contributed by atoms with E-state index in [0.29, 0.717) is 24.3 Å². The molecule has 1 N–H and O–H groups in total. The molecule has 0 amide bonds. The average molecular weight is 241 g/mol. The number of rotatable bonds is 5. The zero-order valence-corrected chi connectivity index (χ0v) is 11.3. The minimum Gasteiger partial charge on any atom is -0.378 e. The van der Waals surface area contributed by atoms with Gasteiger partial charge in [0.25, 0.3) is 0 Å². The van der Waals surface area contributed by atoms with Gasteiger partial charge < -0.3 is 14.8 Å². The predicted molar refractivity (Wildman–Crippen MR) is 69.2 cm³/mol. The van der Waals surface area contributed by atoms with Gasteiger partial charge in [0.15, 0.2) is 0 Å². The summed E-state index contributed by atoms with van der Waals surface area (Å²) in [6.45, 7) is 6.32. The minimum atomic E-state index is 0.414. The van der Waals surface area contributed by atoms with Crippen LogP contribution in [0.2, 0.25) is 0 Å². The fourth-order valence-electron chi connectivity index (χ4n) is 2.97. The van der Waals surface area contributed by atoms with Gasteiger partial charge in [-0.1, -0.05) is 6.92 Å². The molecule has 2 aliphatic rings. The first-order valence-corrected chi connectivity index (χ1v) is 7.29. The van der Waals surface area contributed by atoms with Gasteiger partial charge in [-0.25, -0.2) is 0 Å². The maximum Gasteiger partial charge on any atom is 0.0728 e. The molecule has 4 unspecified atom stereocenters. The summed E-state index contributed by atoms with van der Waals surface area (Å²) in [5, 5.41) is 3.64. The standard InChI is InChI=1S/C14H27NO2/c1-3-13-14(7-6-11(2)15-13)17-10-8-12-5-4-9-16-12/h11-15H,3-10H2,1-2H3. The summed E-state index contributed by atoms with van der Waals surface area (Å²) < 4.78 is 11.7. The van der Waals surface area contributed by atoms with E-state index in [1.807, 2.05) is 0 Å². The topological polar surface area (TPSA) is 30.5 Å². The van der Waals surface area contributed by atoms with E-state index in [4.69, 9.17) is 9.47 Å². The molecule has 2 rings (SSSR count). The summed E-state index contributed by atoms with van der Waals surface area (Å²) in [7, 11) is 0. The Labute approximate surface area is 105 Å². The summed E-state index contributed by atoms with van der Waals surface area (Å²) in [5.41, 5.74) is 0. The van der Waals surface area contributed by atoms with E-state index >= 15 is 0 Å². The first kappa shape index (κ1) is 13.3. The van der Waals surface area contributed by atoms with E-state index in [2.05, 4.69) is 19.2 Å². The third kappa shape index (κ3) is 3.94. The first-order valence-electron chi connectivity index (χ1n) is 7.29. The highest BCUT2D eigenvalue weighted by Crippen LogP contribution is 2.20. The van der Waals surface area contributed by atoms with Gasteiger partial charge in [0.2, 0.25) is 0 Å². The molecule has 2 saturated heterocycles. The van der Waals surface area contributed by atoms with E-state index in [-0.39, 0.29) is 0 Å². The number of nitrogens with one attached hydrogen (secondary N) is 1. The van der Waals surface area contributed by atoms with E-state index in [1.54, 1.807) is 0 Å². The van der Waals surface area contributed by atoms with Crippen LogP contribution in [0.1, 0.15) is 52.4 Å². The molecule has 0 aromatic carbocycles. The van der Waals surface area contributed by atoms with Gasteiger partial charge in [-0.3, -0.25) is 0 Å². The molecule has 0 radical (unpaired) electrons. The lowest BCUT2D eigenvalue weighted by Crippen LogP contribution is -2.50. The second kappa shape index (κ2) is 6.72. The molecule has 0 saturated carbocycles. The molecule has 2 fully saturated rings. The quantitative estimate of drug-likeness (QED) is 0.802. The average Bonchev–Trinajstić information content (AvgIpc) is 2.84. The highest BCUT2D eigenvalue weighted by molar-refractivity contribution is 4.85. The van der Waals surface area contributed by atoms with Crippen LogP contribution in [0.15, 0.2) is 0 Å². The molecular weight excluding hydrogens is 214 g/mol. The number of hydrogen-bond acceptors (Lipinski definition) is 3. The molecule has 3 heteroatoms. The Balaban J connectivity index is 1.66. The normalized spacial score (nSPS) is 38.5. The molecule has 2 heterocycles. The zero-order valence-electron chi connectivity index (χ0n) is 11.3. The highest BCUT2D eigenvalue weighted by atomic mass is 16.5. The van der Waals surface area contributed by atoms with Gasteiger partial charge in [-0.15, -0.1) is 0 Å². The molecule has 0 aromatic heterocycles. The predicted octanol–water partition coefficient (Wildman–Crippen LogP) is 2.49. The zero-order chi connectivity index (χ0) is 12.1. The summed E-state index contributed by atoms with van der Waals surface area (Å²) in [6, 6.07) is 1.20. The monoisotopic (exact) mass is 241 g/mol. The Morgan fingerprint density at radius 1 is 1.29 bits per heavy atom. The third-order valence-corrected chi connectivity index (χ3v) is 4.07. The van der Waals surface area contributed by atoms with E-state index in [9.17, 15) is 0 Å². The van der Waals surface area contributed by atoms with Gasteiger partial charge >= 0.3 is 0 Å².